The van der Waals surface area contributed by atoms with Crippen molar-refractivity contribution < 1.29 is 10.2 Å². The van der Waals surface area contributed by atoms with Gasteiger partial charge in [-0.2, -0.15) is 5.26 Å². The average Bonchev–Trinajstić information content (AvgIpc) is 2.27. The highest BCUT2D eigenvalue weighted by atomic mass is 16.3. The van der Waals surface area contributed by atoms with Gasteiger partial charge in [0.05, 0.1) is 6.61 Å². The smallest absolute Gasteiger partial charge is 0.182 e. The molecule has 1 aromatic rings. The van der Waals surface area contributed by atoms with Crippen LogP contribution >= 0.6 is 0 Å². The van der Waals surface area contributed by atoms with E-state index in [1.165, 1.54) is 19.3 Å². The van der Waals surface area contributed by atoms with Crippen LogP contribution in [-0.2, 0) is 0 Å². The SMILES string of the molecule is CC(O)(CO)CNc1nccnc1C#N. The van der Waals surface area contributed by atoms with Crippen LogP contribution in [0.25, 0.3) is 0 Å². The quantitative estimate of drug-likeness (QED) is 0.616. The van der Waals surface area contributed by atoms with Gasteiger partial charge in [0.2, 0.25) is 0 Å². The zero-order chi connectivity index (χ0) is 11.3. The normalized spacial score (nSPS) is 14.0. The Labute approximate surface area is 87.2 Å². The van der Waals surface area contributed by atoms with Crippen LogP contribution in [0.4, 0.5) is 5.82 Å². The molecule has 0 aliphatic heterocycles. The first kappa shape index (κ1) is 11.4. The monoisotopic (exact) mass is 208 g/mol. The number of aliphatic hydroxyl groups excluding tert-OH is 1. The fourth-order valence-corrected chi connectivity index (χ4v) is 0.879. The van der Waals surface area contributed by atoms with Crippen LogP contribution in [0.5, 0.6) is 0 Å². The average molecular weight is 208 g/mol. The van der Waals surface area contributed by atoms with E-state index < -0.39 is 5.60 Å². The molecule has 0 aliphatic rings. The Kier molecular flexibility index (Phi) is 3.55. The number of rotatable bonds is 4. The minimum absolute atomic E-state index is 0.0941. The van der Waals surface area contributed by atoms with Gasteiger partial charge in [-0.1, -0.05) is 0 Å². The van der Waals surface area contributed by atoms with E-state index in [-0.39, 0.29) is 18.8 Å². The summed E-state index contributed by atoms with van der Waals surface area (Å²) in [6, 6.07) is 1.87. The molecule has 0 aromatic carbocycles. The Bertz CT molecular complexity index is 373. The lowest BCUT2D eigenvalue weighted by molar-refractivity contribution is 0.0131. The van der Waals surface area contributed by atoms with Crippen molar-refractivity contribution in [3.63, 3.8) is 0 Å². The molecule has 3 N–H and O–H groups in total. The van der Waals surface area contributed by atoms with E-state index in [9.17, 15) is 5.11 Å². The number of hydrogen-bond acceptors (Lipinski definition) is 6. The van der Waals surface area contributed by atoms with Crippen LogP contribution in [0.2, 0.25) is 0 Å². The molecule has 1 rings (SSSR count). The first-order valence-corrected chi connectivity index (χ1v) is 4.37. The molecule has 0 radical (unpaired) electrons. The number of nitrogens with zero attached hydrogens (tertiary/aromatic N) is 3. The predicted octanol–water partition coefficient (Wildman–Crippen LogP) is -0.497. The third-order valence-corrected chi connectivity index (χ3v) is 1.78. The summed E-state index contributed by atoms with van der Waals surface area (Å²) in [6.45, 7) is 1.20. The zero-order valence-corrected chi connectivity index (χ0v) is 8.30. The molecule has 0 spiro atoms. The van der Waals surface area contributed by atoms with Crippen molar-refractivity contribution in [2.45, 2.75) is 12.5 Å². The zero-order valence-electron chi connectivity index (χ0n) is 8.30. The Hall–Kier alpha value is -1.71. The minimum Gasteiger partial charge on any atom is -0.393 e. The molecule has 80 valence electrons. The van der Waals surface area contributed by atoms with E-state index in [4.69, 9.17) is 10.4 Å². The van der Waals surface area contributed by atoms with Gasteiger partial charge in [0, 0.05) is 18.9 Å². The molecule has 1 heterocycles. The summed E-state index contributed by atoms with van der Waals surface area (Å²) in [6.07, 6.45) is 2.85. The molecule has 6 nitrogen and oxygen atoms in total. The van der Waals surface area contributed by atoms with E-state index in [1.807, 2.05) is 6.07 Å². The molecule has 1 unspecified atom stereocenters. The fourth-order valence-electron chi connectivity index (χ4n) is 0.879. The first-order chi connectivity index (χ1) is 7.09. The number of nitriles is 1. The highest BCUT2D eigenvalue weighted by Gasteiger charge is 2.19. The van der Waals surface area contributed by atoms with Gasteiger partial charge in [0.1, 0.15) is 11.7 Å². The third-order valence-electron chi connectivity index (χ3n) is 1.78. The summed E-state index contributed by atoms with van der Waals surface area (Å²) in [5.74, 6) is 0.300. The van der Waals surface area contributed by atoms with E-state index in [0.717, 1.165) is 0 Å². The van der Waals surface area contributed by atoms with Gasteiger partial charge in [0.25, 0.3) is 0 Å². The highest BCUT2D eigenvalue weighted by molar-refractivity contribution is 5.46. The van der Waals surface area contributed by atoms with Crippen molar-refractivity contribution in [3.05, 3.63) is 18.1 Å². The molecule has 0 aliphatic carbocycles. The molecule has 0 bridgehead atoms. The van der Waals surface area contributed by atoms with Gasteiger partial charge in [-0.15, -0.1) is 0 Å². The lowest BCUT2D eigenvalue weighted by Crippen LogP contribution is -2.37. The Balaban J connectivity index is 2.70. The third kappa shape index (κ3) is 3.16. The summed E-state index contributed by atoms with van der Waals surface area (Å²) in [7, 11) is 0. The van der Waals surface area contributed by atoms with Gasteiger partial charge >= 0.3 is 0 Å². The van der Waals surface area contributed by atoms with Crippen LogP contribution in [0.15, 0.2) is 12.4 Å². The molecule has 1 aromatic heterocycles. The molecule has 0 saturated heterocycles. The number of hydrogen-bond donors (Lipinski definition) is 3. The van der Waals surface area contributed by atoms with Crippen molar-refractivity contribution in [1.82, 2.24) is 9.97 Å². The number of anilines is 1. The summed E-state index contributed by atoms with van der Waals surface area (Å²) in [5.41, 5.74) is -1.09. The van der Waals surface area contributed by atoms with Crippen molar-refractivity contribution in [1.29, 1.82) is 5.26 Å². The summed E-state index contributed by atoms with van der Waals surface area (Å²) in [4.78, 5) is 7.69. The van der Waals surface area contributed by atoms with Gasteiger partial charge in [-0.25, -0.2) is 9.97 Å². The second kappa shape index (κ2) is 4.68. The molecule has 0 fully saturated rings. The Morgan fingerprint density at radius 3 is 2.80 bits per heavy atom. The Morgan fingerprint density at radius 2 is 2.20 bits per heavy atom. The summed E-state index contributed by atoms with van der Waals surface area (Å²) < 4.78 is 0. The molecule has 6 heteroatoms. The largest absolute Gasteiger partial charge is 0.393 e. The maximum Gasteiger partial charge on any atom is 0.182 e. The fraction of sp³-hybridized carbons (Fsp3) is 0.444. The van der Waals surface area contributed by atoms with E-state index >= 15 is 0 Å². The van der Waals surface area contributed by atoms with E-state index in [0.29, 0.717) is 5.82 Å². The lowest BCUT2D eigenvalue weighted by Gasteiger charge is -2.20. The molecular weight excluding hydrogens is 196 g/mol. The van der Waals surface area contributed by atoms with E-state index in [1.54, 1.807) is 0 Å². The van der Waals surface area contributed by atoms with Crippen molar-refractivity contribution in [2.24, 2.45) is 0 Å². The van der Waals surface area contributed by atoms with E-state index in [2.05, 4.69) is 15.3 Å². The number of aromatic nitrogens is 2. The second-order valence-electron chi connectivity index (χ2n) is 3.37. The molecule has 15 heavy (non-hydrogen) atoms. The molecule has 0 amide bonds. The standard InChI is InChI=1S/C9H12N4O2/c1-9(15,6-14)5-13-8-7(4-10)11-2-3-12-8/h2-3,14-15H,5-6H2,1H3,(H,12,13). The maximum absolute atomic E-state index is 9.50. The van der Waals surface area contributed by atoms with Crippen LogP contribution in [-0.4, -0.2) is 38.9 Å². The van der Waals surface area contributed by atoms with Gasteiger partial charge in [-0.3, -0.25) is 0 Å². The summed E-state index contributed by atoms with van der Waals surface area (Å²) in [5, 5.41) is 29.8. The second-order valence-corrected chi connectivity index (χ2v) is 3.37. The lowest BCUT2D eigenvalue weighted by atomic mass is 10.1. The summed E-state index contributed by atoms with van der Waals surface area (Å²) >= 11 is 0. The van der Waals surface area contributed by atoms with Crippen molar-refractivity contribution in [3.8, 4) is 6.07 Å². The van der Waals surface area contributed by atoms with Crippen LogP contribution in [0, 0.1) is 11.3 Å². The van der Waals surface area contributed by atoms with Gasteiger partial charge in [-0.05, 0) is 6.92 Å². The molecule has 0 saturated carbocycles. The van der Waals surface area contributed by atoms with Gasteiger partial charge in [0.15, 0.2) is 11.5 Å². The maximum atomic E-state index is 9.50. The van der Waals surface area contributed by atoms with Crippen molar-refractivity contribution in [2.75, 3.05) is 18.5 Å². The predicted molar refractivity (Wildman–Crippen MR) is 52.9 cm³/mol. The molecular formula is C9H12N4O2. The number of aliphatic hydroxyl groups is 2. The first-order valence-electron chi connectivity index (χ1n) is 4.37. The van der Waals surface area contributed by atoms with Crippen LogP contribution in [0.3, 0.4) is 0 Å². The van der Waals surface area contributed by atoms with Crippen LogP contribution < -0.4 is 5.32 Å². The number of nitrogens with one attached hydrogen (secondary N) is 1. The van der Waals surface area contributed by atoms with Crippen LogP contribution in [0.1, 0.15) is 12.6 Å². The van der Waals surface area contributed by atoms with Crippen molar-refractivity contribution >= 4 is 5.82 Å². The molecule has 1 atom stereocenters. The van der Waals surface area contributed by atoms with Gasteiger partial charge < -0.3 is 15.5 Å². The topological polar surface area (TPSA) is 102 Å². The highest BCUT2D eigenvalue weighted by Crippen LogP contribution is 2.09. The Morgan fingerprint density at radius 1 is 1.53 bits per heavy atom. The minimum atomic E-state index is -1.25.